The van der Waals surface area contributed by atoms with Gasteiger partial charge < -0.3 is 0 Å². The van der Waals surface area contributed by atoms with Gasteiger partial charge in [0.1, 0.15) is 10.6 Å². The molecular formula is C22H16OPS2+. The molecular weight excluding hydrogens is 375 g/mol. The average molecular weight is 391 g/mol. The molecule has 2 heterocycles. The SMILES string of the molecule is O[P+](c1ccccc1)(c1ccccc1)c1cc2cc3ccsc3cc2s1. The topological polar surface area (TPSA) is 20.2 Å². The van der Waals surface area contributed by atoms with Crippen molar-refractivity contribution in [2.24, 2.45) is 0 Å². The Hall–Kier alpha value is -2.03. The minimum absolute atomic E-state index is 1.000. The van der Waals surface area contributed by atoms with Crippen LogP contribution in [0, 0.1) is 0 Å². The predicted octanol–water partition coefficient (Wildman–Crippen LogP) is 5.32. The molecule has 0 amide bonds. The molecule has 0 aliphatic heterocycles. The molecule has 0 spiro atoms. The Balaban J connectivity index is 1.78. The molecule has 26 heavy (non-hydrogen) atoms. The highest BCUT2D eigenvalue weighted by Crippen LogP contribution is 2.53. The third-order valence-electron chi connectivity index (χ3n) is 4.66. The monoisotopic (exact) mass is 391 g/mol. The van der Waals surface area contributed by atoms with Gasteiger partial charge in [-0.15, -0.1) is 11.3 Å². The molecule has 0 bridgehead atoms. The van der Waals surface area contributed by atoms with Crippen molar-refractivity contribution < 1.29 is 4.89 Å². The summed E-state index contributed by atoms with van der Waals surface area (Å²) in [5.41, 5.74) is 0. The molecule has 0 unspecified atom stereocenters. The van der Waals surface area contributed by atoms with E-state index in [0.29, 0.717) is 0 Å². The lowest BCUT2D eigenvalue weighted by Gasteiger charge is -2.18. The second kappa shape index (κ2) is 6.29. The molecule has 126 valence electrons. The summed E-state index contributed by atoms with van der Waals surface area (Å²) in [4.78, 5) is 12.0. The highest BCUT2D eigenvalue weighted by Gasteiger charge is 2.45. The first-order valence-electron chi connectivity index (χ1n) is 8.39. The number of rotatable bonds is 3. The Labute approximate surface area is 160 Å². The van der Waals surface area contributed by atoms with Crippen LogP contribution in [0.4, 0.5) is 0 Å². The number of benzene rings is 3. The molecule has 0 saturated heterocycles. The highest BCUT2D eigenvalue weighted by molar-refractivity contribution is 7.94. The van der Waals surface area contributed by atoms with Crippen molar-refractivity contribution in [3.8, 4) is 0 Å². The Morgan fingerprint density at radius 1 is 0.654 bits per heavy atom. The van der Waals surface area contributed by atoms with Gasteiger partial charge in [0.2, 0.25) is 7.49 Å². The van der Waals surface area contributed by atoms with E-state index in [-0.39, 0.29) is 0 Å². The molecule has 3 aromatic carbocycles. The van der Waals surface area contributed by atoms with E-state index in [9.17, 15) is 4.89 Å². The summed E-state index contributed by atoms with van der Waals surface area (Å²) in [6.45, 7) is 0. The molecule has 5 rings (SSSR count). The van der Waals surface area contributed by atoms with Gasteiger partial charge >= 0.3 is 0 Å². The van der Waals surface area contributed by atoms with Crippen LogP contribution in [0.25, 0.3) is 20.2 Å². The first-order valence-corrected chi connectivity index (χ1v) is 11.8. The summed E-state index contributed by atoms with van der Waals surface area (Å²) in [7, 11) is -2.63. The largest absolute Gasteiger partial charge is 0.248 e. The summed E-state index contributed by atoms with van der Waals surface area (Å²) >= 11 is 3.48. The number of hydrogen-bond donors (Lipinski definition) is 1. The fraction of sp³-hybridized carbons (Fsp3) is 0. The lowest BCUT2D eigenvalue weighted by molar-refractivity contribution is 0.634. The summed E-state index contributed by atoms with van der Waals surface area (Å²) < 4.78 is 3.59. The van der Waals surface area contributed by atoms with Gasteiger partial charge in [-0.1, -0.05) is 47.7 Å². The number of thiophene rings is 2. The first-order chi connectivity index (χ1) is 12.7. The van der Waals surface area contributed by atoms with Crippen LogP contribution >= 0.6 is 30.2 Å². The minimum Gasteiger partial charge on any atom is -0.234 e. The zero-order valence-electron chi connectivity index (χ0n) is 13.9. The van der Waals surface area contributed by atoms with E-state index >= 15 is 0 Å². The van der Waals surface area contributed by atoms with Gasteiger partial charge in [-0.05, 0) is 58.6 Å². The van der Waals surface area contributed by atoms with Gasteiger partial charge in [0, 0.05) is 15.5 Å². The molecule has 0 fully saturated rings. The van der Waals surface area contributed by atoms with Crippen LogP contribution < -0.4 is 15.2 Å². The van der Waals surface area contributed by atoms with Crippen molar-refractivity contribution in [1.82, 2.24) is 0 Å². The molecule has 0 atom stereocenters. The Bertz CT molecular complexity index is 1100. The van der Waals surface area contributed by atoms with Crippen LogP contribution in [0.15, 0.2) is 90.3 Å². The second-order valence-corrected chi connectivity index (χ2v) is 11.4. The van der Waals surface area contributed by atoms with Gasteiger partial charge in [-0.2, -0.15) is 0 Å². The Kier molecular flexibility index (Phi) is 3.91. The molecule has 0 radical (unpaired) electrons. The van der Waals surface area contributed by atoms with E-state index in [1.165, 1.54) is 20.2 Å². The van der Waals surface area contributed by atoms with Gasteiger partial charge in [0.15, 0.2) is 4.62 Å². The van der Waals surface area contributed by atoms with Gasteiger partial charge in [-0.25, -0.2) is 4.89 Å². The van der Waals surface area contributed by atoms with Gasteiger partial charge in [0.05, 0.1) is 0 Å². The maximum atomic E-state index is 12.0. The lowest BCUT2D eigenvalue weighted by Crippen LogP contribution is -2.28. The third kappa shape index (κ3) is 2.52. The average Bonchev–Trinajstić information content (AvgIpc) is 3.32. The molecule has 4 heteroatoms. The summed E-state index contributed by atoms with van der Waals surface area (Å²) in [6, 6.07) is 29.0. The smallest absolute Gasteiger partial charge is 0.234 e. The summed E-state index contributed by atoms with van der Waals surface area (Å²) in [5, 5.41) is 6.61. The van der Waals surface area contributed by atoms with E-state index < -0.39 is 7.49 Å². The second-order valence-electron chi connectivity index (χ2n) is 6.24. The minimum atomic E-state index is -2.63. The molecule has 1 nitrogen and oxygen atoms in total. The highest BCUT2D eigenvalue weighted by atomic mass is 32.1. The normalized spacial score (nSPS) is 12.0. The molecule has 0 aliphatic carbocycles. The van der Waals surface area contributed by atoms with Crippen molar-refractivity contribution in [2.75, 3.05) is 0 Å². The van der Waals surface area contributed by atoms with Crippen LogP contribution in [0.2, 0.25) is 0 Å². The van der Waals surface area contributed by atoms with E-state index in [2.05, 4.69) is 29.6 Å². The number of hydrogen-bond acceptors (Lipinski definition) is 3. The maximum absolute atomic E-state index is 12.0. The zero-order chi connectivity index (χ0) is 17.6. The summed E-state index contributed by atoms with van der Waals surface area (Å²) in [5.74, 6) is 0. The fourth-order valence-corrected chi connectivity index (χ4v) is 8.84. The van der Waals surface area contributed by atoms with Gasteiger partial charge in [-0.3, -0.25) is 0 Å². The lowest BCUT2D eigenvalue weighted by atomic mass is 10.2. The third-order valence-corrected chi connectivity index (χ3v) is 10.4. The van der Waals surface area contributed by atoms with Gasteiger partial charge in [0.25, 0.3) is 0 Å². The van der Waals surface area contributed by atoms with Crippen LogP contribution in [0.1, 0.15) is 0 Å². The van der Waals surface area contributed by atoms with E-state index in [1.54, 1.807) is 22.7 Å². The zero-order valence-corrected chi connectivity index (χ0v) is 16.4. The summed E-state index contributed by atoms with van der Waals surface area (Å²) in [6.07, 6.45) is 0. The molecule has 0 saturated carbocycles. The molecule has 2 aromatic heterocycles. The van der Waals surface area contributed by atoms with Crippen LogP contribution in [0.3, 0.4) is 0 Å². The Morgan fingerprint density at radius 3 is 1.96 bits per heavy atom. The van der Waals surface area contributed by atoms with E-state index in [1.807, 2.05) is 60.7 Å². The van der Waals surface area contributed by atoms with Crippen LogP contribution in [0.5, 0.6) is 0 Å². The fourth-order valence-electron chi connectivity index (χ4n) is 3.34. The van der Waals surface area contributed by atoms with Crippen molar-refractivity contribution in [1.29, 1.82) is 0 Å². The van der Waals surface area contributed by atoms with E-state index in [4.69, 9.17) is 0 Å². The molecule has 5 aromatic rings. The maximum Gasteiger partial charge on any atom is 0.248 e. The van der Waals surface area contributed by atoms with Crippen molar-refractivity contribution >= 4 is 65.6 Å². The first kappa shape index (κ1) is 16.2. The van der Waals surface area contributed by atoms with E-state index in [0.717, 1.165) is 15.2 Å². The van der Waals surface area contributed by atoms with Crippen molar-refractivity contribution in [3.05, 3.63) is 90.3 Å². The van der Waals surface area contributed by atoms with Crippen LogP contribution in [-0.4, -0.2) is 4.89 Å². The predicted molar refractivity (Wildman–Crippen MR) is 118 cm³/mol. The molecule has 1 N–H and O–H groups in total. The van der Waals surface area contributed by atoms with Crippen molar-refractivity contribution in [3.63, 3.8) is 0 Å². The standard InChI is InChI=1S/C22H16OPS2/c23-24(18-7-3-1-4-8-18,19-9-5-2-6-10-19)22-14-17-13-16-11-12-25-20(16)15-21(17)26-22/h1-15,23H/q+1. The quantitative estimate of drug-likeness (QED) is 0.413. The van der Waals surface area contributed by atoms with Crippen molar-refractivity contribution in [2.45, 2.75) is 0 Å². The van der Waals surface area contributed by atoms with Crippen LogP contribution in [-0.2, 0) is 0 Å². The molecule has 0 aliphatic rings. The Morgan fingerprint density at radius 2 is 1.31 bits per heavy atom. The number of fused-ring (bicyclic) bond motifs is 2.